The van der Waals surface area contributed by atoms with Gasteiger partial charge in [0.05, 0.1) is 6.26 Å². The molecule has 0 radical (unpaired) electrons. The van der Waals surface area contributed by atoms with Crippen LogP contribution in [-0.4, -0.2) is 16.1 Å². The van der Waals surface area contributed by atoms with Crippen molar-refractivity contribution in [3.8, 4) is 0 Å². The van der Waals surface area contributed by atoms with Crippen LogP contribution in [0.25, 0.3) is 0 Å². The van der Waals surface area contributed by atoms with E-state index in [-0.39, 0.29) is 6.04 Å². The molecule has 0 bridgehead atoms. The molecule has 1 aliphatic heterocycles. The molecule has 0 amide bonds. The van der Waals surface area contributed by atoms with E-state index >= 15 is 0 Å². The summed E-state index contributed by atoms with van der Waals surface area (Å²) in [5.74, 6) is 0.990. The van der Waals surface area contributed by atoms with Crippen LogP contribution in [0.3, 0.4) is 0 Å². The fourth-order valence-electron chi connectivity index (χ4n) is 1.79. The molecule has 0 aromatic carbocycles. The fraction of sp³-hybridized carbons (Fsp3) is 0.333. The first-order valence-electron chi connectivity index (χ1n) is 4.52. The van der Waals surface area contributed by atoms with Crippen LogP contribution in [0.2, 0.25) is 0 Å². The lowest BCUT2D eigenvalue weighted by Gasteiger charge is -2.20. The van der Waals surface area contributed by atoms with Gasteiger partial charge in [0.15, 0.2) is 0 Å². The van der Waals surface area contributed by atoms with E-state index < -0.39 is 0 Å². The minimum absolute atomic E-state index is 0.0903. The Labute approximate surface area is 85.1 Å². The largest absolute Gasteiger partial charge is 0.467 e. The lowest BCUT2D eigenvalue weighted by molar-refractivity contribution is 0.420. The second-order valence-electron chi connectivity index (χ2n) is 3.28. The van der Waals surface area contributed by atoms with Gasteiger partial charge in [0.1, 0.15) is 17.5 Å². The van der Waals surface area contributed by atoms with Crippen LogP contribution < -0.4 is 5.32 Å². The molecule has 14 heavy (non-hydrogen) atoms. The number of aromatic nitrogens is 2. The summed E-state index contributed by atoms with van der Waals surface area (Å²) in [4.78, 5) is 0. The topological polar surface area (TPSA) is 51.0 Å². The molecule has 0 saturated carbocycles. The van der Waals surface area contributed by atoms with Crippen LogP contribution in [-0.2, 0) is 6.42 Å². The summed E-state index contributed by atoms with van der Waals surface area (Å²) in [7, 11) is 0. The lowest BCUT2D eigenvalue weighted by atomic mass is 10.0. The van der Waals surface area contributed by atoms with E-state index in [1.165, 1.54) is 17.1 Å². The Hall–Kier alpha value is -1.20. The van der Waals surface area contributed by atoms with E-state index in [9.17, 15) is 0 Å². The van der Waals surface area contributed by atoms with Gasteiger partial charge >= 0.3 is 0 Å². The quantitative estimate of drug-likeness (QED) is 0.767. The Balaban J connectivity index is 2.04. The third kappa shape index (κ3) is 1.17. The number of hydrogen-bond acceptors (Lipinski definition) is 5. The molecule has 0 aliphatic carbocycles. The maximum atomic E-state index is 5.47. The maximum absolute atomic E-state index is 5.47. The van der Waals surface area contributed by atoms with Crippen LogP contribution in [0.4, 0.5) is 0 Å². The van der Waals surface area contributed by atoms with Gasteiger partial charge in [-0.3, -0.25) is 0 Å². The van der Waals surface area contributed by atoms with Gasteiger partial charge in [-0.05, 0) is 29.6 Å². The predicted octanol–water partition coefficient (Wildman–Crippen LogP) is 1.37. The van der Waals surface area contributed by atoms with Crippen molar-refractivity contribution in [3.63, 3.8) is 0 Å². The normalized spacial score (nSPS) is 20.7. The van der Waals surface area contributed by atoms with E-state index in [4.69, 9.17) is 4.42 Å². The number of hydrogen-bond donors (Lipinski definition) is 1. The van der Waals surface area contributed by atoms with Crippen molar-refractivity contribution in [2.45, 2.75) is 12.5 Å². The van der Waals surface area contributed by atoms with Crippen molar-refractivity contribution in [1.82, 2.24) is 14.9 Å². The van der Waals surface area contributed by atoms with Gasteiger partial charge in [0.25, 0.3) is 0 Å². The third-order valence-corrected chi connectivity index (χ3v) is 2.98. The summed E-state index contributed by atoms with van der Waals surface area (Å²) in [5.41, 5.74) is 2.23. The summed E-state index contributed by atoms with van der Waals surface area (Å²) in [5, 5.41) is 9.39. The highest BCUT2D eigenvalue weighted by Gasteiger charge is 2.25. The molecule has 1 aliphatic rings. The highest BCUT2D eigenvalue weighted by Crippen LogP contribution is 2.28. The zero-order valence-corrected chi connectivity index (χ0v) is 8.25. The highest BCUT2D eigenvalue weighted by atomic mass is 32.1. The van der Waals surface area contributed by atoms with E-state index in [1.54, 1.807) is 6.26 Å². The van der Waals surface area contributed by atoms with Crippen LogP contribution in [0, 0.1) is 0 Å². The number of nitrogens with one attached hydrogen (secondary N) is 1. The Morgan fingerprint density at radius 3 is 3.43 bits per heavy atom. The summed E-state index contributed by atoms with van der Waals surface area (Å²) in [6.45, 7) is 0.967. The fourth-order valence-corrected chi connectivity index (χ4v) is 2.27. The zero-order valence-electron chi connectivity index (χ0n) is 7.43. The van der Waals surface area contributed by atoms with E-state index in [2.05, 4.69) is 14.9 Å². The maximum Gasteiger partial charge on any atom is 0.130 e. The average Bonchev–Trinajstić information content (AvgIpc) is 2.88. The van der Waals surface area contributed by atoms with Crippen molar-refractivity contribution in [1.29, 1.82) is 0 Å². The monoisotopic (exact) mass is 207 g/mol. The van der Waals surface area contributed by atoms with Gasteiger partial charge < -0.3 is 9.73 Å². The van der Waals surface area contributed by atoms with E-state index in [1.807, 2.05) is 11.4 Å². The molecule has 3 rings (SSSR count). The van der Waals surface area contributed by atoms with Crippen molar-refractivity contribution >= 4 is 11.5 Å². The highest BCUT2D eigenvalue weighted by molar-refractivity contribution is 7.03. The minimum atomic E-state index is 0.0903. The Morgan fingerprint density at radius 2 is 2.57 bits per heavy atom. The standard InChI is InChI=1S/C9H9N3OS/c1-3-10-8(7-5-14-12-11-7)9-6(1)2-4-13-9/h2,4-5,8,10H,1,3H2. The smallest absolute Gasteiger partial charge is 0.130 e. The van der Waals surface area contributed by atoms with Crippen LogP contribution in [0.1, 0.15) is 23.1 Å². The first kappa shape index (κ1) is 8.14. The van der Waals surface area contributed by atoms with E-state index in [0.717, 1.165) is 24.4 Å². The molecule has 3 heterocycles. The summed E-state index contributed by atoms with van der Waals surface area (Å²) >= 11 is 1.37. The van der Waals surface area contributed by atoms with E-state index in [0.29, 0.717) is 0 Å². The van der Waals surface area contributed by atoms with Gasteiger partial charge in [-0.2, -0.15) is 0 Å². The molecule has 1 N–H and O–H groups in total. The summed E-state index contributed by atoms with van der Waals surface area (Å²) < 4.78 is 9.33. The molecule has 0 fully saturated rings. The first-order valence-corrected chi connectivity index (χ1v) is 5.35. The van der Waals surface area contributed by atoms with Gasteiger partial charge in [-0.25, -0.2) is 0 Å². The Morgan fingerprint density at radius 1 is 1.57 bits per heavy atom. The molecule has 5 heteroatoms. The number of rotatable bonds is 1. The lowest BCUT2D eigenvalue weighted by Crippen LogP contribution is -2.29. The number of furan rings is 1. The second kappa shape index (κ2) is 3.18. The Kier molecular flexibility index (Phi) is 1.85. The van der Waals surface area contributed by atoms with Gasteiger partial charge in [-0.15, -0.1) is 5.10 Å². The van der Waals surface area contributed by atoms with Gasteiger partial charge in [0.2, 0.25) is 0 Å². The molecule has 2 aromatic heterocycles. The van der Waals surface area contributed by atoms with Crippen molar-refractivity contribution < 1.29 is 4.42 Å². The van der Waals surface area contributed by atoms with Crippen LogP contribution in [0.5, 0.6) is 0 Å². The molecule has 1 unspecified atom stereocenters. The molecule has 1 atom stereocenters. The summed E-state index contributed by atoms with van der Waals surface area (Å²) in [6.07, 6.45) is 2.77. The number of nitrogens with zero attached hydrogens (tertiary/aromatic N) is 2. The van der Waals surface area contributed by atoms with Crippen LogP contribution >= 0.6 is 11.5 Å². The zero-order chi connectivity index (χ0) is 9.38. The van der Waals surface area contributed by atoms with Gasteiger partial charge in [0, 0.05) is 11.9 Å². The average molecular weight is 207 g/mol. The molecular formula is C9H9N3OS. The molecule has 2 aromatic rings. The van der Waals surface area contributed by atoms with Gasteiger partial charge in [-0.1, -0.05) is 4.49 Å². The third-order valence-electron chi connectivity index (χ3n) is 2.46. The summed E-state index contributed by atoms with van der Waals surface area (Å²) in [6, 6.07) is 2.12. The Bertz CT molecular complexity index is 423. The molecule has 72 valence electrons. The minimum Gasteiger partial charge on any atom is -0.467 e. The van der Waals surface area contributed by atoms with Crippen molar-refractivity contribution in [3.05, 3.63) is 34.7 Å². The predicted molar refractivity (Wildman–Crippen MR) is 52.2 cm³/mol. The SMILES string of the molecule is c1cc2c(o1)C(c1csnn1)NCC2. The van der Waals surface area contributed by atoms with Crippen molar-refractivity contribution in [2.24, 2.45) is 0 Å². The molecule has 0 spiro atoms. The van der Waals surface area contributed by atoms with Crippen molar-refractivity contribution in [2.75, 3.05) is 6.54 Å². The second-order valence-corrected chi connectivity index (χ2v) is 3.89. The first-order chi connectivity index (χ1) is 6.95. The number of fused-ring (bicyclic) bond motifs is 1. The van der Waals surface area contributed by atoms with Crippen LogP contribution in [0.15, 0.2) is 22.1 Å². The molecule has 4 nitrogen and oxygen atoms in total. The molecule has 0 saturated heterocycles. The molecular weight excluding hydrogens is 198 g/mol.